The second kappa shape index (κ2) is 17.3. The van der Waals surface area contributed by atoms with Gasteiger partial charge in [0.15, 0.2) is 0 Å². The van der Waals surface area contributed by atoms with Gasteiger partial charge in [-0.1, -0.05) is 26.0 Å². The summed E-state index contributed by atoms with van der Waals surface area (Å²) in [5, 5.41) is 3.55. The molecule has 0 spiro atoms. The minimum absolute atomic E-state index is 0. The summed E-state index contributed by atoms with van der Waals surface area (Å²) in [7, 11) is -2.78. The fraction of sp³-hybridized carbons (Fsp3) is 0.535. The van der Waals surface area contributed by atoms with Gasteiger partial charge in [-0.2, -0.15) is 0 Å². The molecule has 7 atom stereocenters. The van der Waals surface area contributed by atoms with E-state index in [9.17, 15) is 27.2 Å². The highest BCUT2D eigenvalue weighted by molar-refractivity contribution is 7.91. The molecule has 2 saturated carbocycles. The molecule has 1 aromatic heterocycles. The Hall–Kier alpha value is -4.47. The average Bonchev–Trinajstić information content (AvgIpc) is 4.10. The maximum absolute atomic E-state index is 14.5. The number of nitrogens with one attached hydrogen (secondary N) is 2. The summed E-state index contributed by atoms with van der Waals surface area (Å²) in [4.78, 5) is 49.0. The molecule has 4 aliphatic rings. The first-order valence-corrected chi connectivity index (χ1v) is 21.7. The average molecular weight is 856 g/mol. The van der Waals surface area contributed by atoms with E-state index in [4.69, 9.17) is 24.9 Å². The standard InChI is InChI=1S/C43H54FN5O8S.ClH/c1-25(2)56-30-12-10-28(11-13-30)34-21-37(33-15-14-31(55-5)19-35(33)46-34)57-32-20-36-39(50)47-43(41(52)48-58(53,54)42(24-44)16-17-42)22-29(43)9-7-6-8-26(3)18-27(4)38(45)40(51)49(36)23-32;/h7,9-15,19,21,25-27,29,32,36,38H,6,8,16-18,20,22-24,45H2,1-5H3,(H,47,50)(H,48,52);1H/b9-7-;/t26-,27-,29-,32-,36+,38+,43-;/m1./s1. The first kappa shape index (κ1) is 44.1. The number of hydrogen-bond acceptors (Lipinski definition) is 10. The van der Waals surface area contributed by atoms with Gasteiger partial charge in [-0.25, -0.2) is 17.8 Å². The van der Waals surface area contributed by atoms with Crippen LogP contribution < -0.4 is 30.0 Å². The topological polar surface area (TPSA) is 179 Å². The summed E-state index contributed by atoms with van der Waals surface area (Å²) in [6, 6.07) is 12.8. The molecule has 2 aromatic carbocycles. The number of allylic oxidation sites excluding steroid dienone is 1. The van der Waals surface area contributed by atoms with Gasteiger partial charge in [-0.15, -0.1) is 12.4 Å². The quantitative estimate of drug-likeness (QED) is 0.217. The molecule has 0 bridgehead atoms. The number of hydrogen-bond donors (Lipinski definition) is 3. The number of amides is 3. The molecular weight excluding hydrogens is 801 g/mol. The van der Waals surface area contributed by atoms with E-state index in [0.29, 0.717) is 40.9 Å². The number of fused-ring (bicyclic) bond motifs is 3. The van der Waals surface area contributed by atoms with Crippen molar-refractivity contribution in [3.8, 4) is 28.5 Å². The van der Waals surface area contributed by atoms with Crippen LogP contribution in [0.5, 0.6) is 17.2 Å². The Kier molecular flexibility index (Phi) is 12.9. The second-order valence-corrected chi connectivity index (χ2v) is 19.0. The van der Waals surface area contributed by atoms with Crippen LogP contribution in [0.1, 0.15) is 72.6 Å². The number of nitrogens with zero attached hydrogens (tertiary/aromatic N) is 2. The number of benzene rings is 2. The molecule has 7 rings (SSSR count). The molecule has 2 aliphatic heterocycles. The van der Waals surface area contributed by atoms with Crippen LogP contribution in [0.4, 0.5) is 4.39 Å². The van der Waals surface area contributed by atoms with Gasteiger partial charge < -0.3 is 30.2 Å². The Balaban J connectivity index is 0.00000585. The molecule has 2 aliphatic carbocycles. The highest BCUT2D eigenvalue weighted by Crippen LogP contribution is 2.48. The highest BCUT2D eigenvalue weighted by atomic mass is 35.5. The molecule has 1 saturated heterocycles. The lowest BCUT2D eigenvalue weighted by atomic mass is 9.88. The highest BCUT2D eigenvalue weighted by Gasteiger charge is 2.64. The molecule has 0 unspecified atom stereocenters. The van der Waals surface area contributed by atoms with Gasteiger partial charge in [-0.05, 0) is 101 Å². The van der Waals surface area contributed by atoms with Crippen LogP contribution >= 0.6 is 12.4 Å². The van der Waals surface area contributed by atoms with Crippen molar-refractivity contribution in [2.24, 2.45) is 23.5 Å². The summed E-state index contributed by atoms with van der Waals surface area (Å²) in [6.07, 6.45) is 5.71. The van der Waals surface area contributed by atoms with E-state index >= 15 is 0 Å². The van der Waals surface area contributed by atoms with Crippen LogP contribution in [0.25, 0.3) is 22.2 Å². The Morgan fingerprint density at radius 1 is 1.08 bits per heavy atom. The van der Waals surface area contributed by atoms with Crippen molar-refractivity contribution in [2.75, 3.05) is 20.3 Å². The molecule has 59 heavy (non-hydrogen) atoms. The summed E-state index contributed by atoms with van der Waals surface area (Å²) in [6.45, 7) is 6.86. The van der Waals surface area contributed by atoms with E-state index in [2.05, 4.69) is 17.0 Å². The van der Waals surface area contributed by atoms with E-state index in [1.54, 1.807) is 13.2 Å². The predicted molar refractivity (Wildman–Crippen MR) is 225 cm³/mol. The maximum atomic E-state index is 14.5. The van der Waals surface area contributed by atoms with Crippen LogP contribution in [-0.2, 0) is 24.4 Å². The summed E-state index contributed by atoms with van der Waals surface area (Å²) in [5.41, 5.74) is 7.09. The lowest BCUT2D eigenvalue weighted by Crippen LogP contribution is -2.58. The molecule has 16 heteroatoms. The van der Waals surface area contributed by atoms with E-state index in [1.807, 2.05) is 75.4 Å². The van der Waals surface area contributed by atoms with Gasteiger partial charge in [0.25, 0.3) is 5.91 Å². The number of nitrogens with two attached hydrogens (primary N) is 1. The predicted octanol–water partition coefficient (Wildman–Crippen LogP) is 5.63. The number of halogens is 2. The third-order valence-electron chi connectivity index (χ3n) is 12.1. The zero-order valence-electron chi connectivity index (χ0n) is 34.1. The zero-order valence-corrected chi connectivity index (χ0v) is 35.7. The van der Waals surface area contributed by atoms with Crippen molar-refractivity contribution >= 4 is 51.1 Å². The lowest BCUT2D eigenvalue weighted by molar-refractivity contribution is -0.141. The van der Waals surface area contributed by atoms with E-state index in [0.717, 1.165) is 17.7 Å². The summed E-state index contributed by atoms with van der Waals surface area (Å²) in [5.74, 6) is -0.635. The Morgan fingerprint density at radius 2 is 1.80 bits per heavy atom. The lowest BCUT2D eigenvalue weighted by Gasteiger charge is -2.30. The van der Waals surface area contributed by atoms with Gasteiger partial charge >= 0.3 is 0 Å². The fourth-order valence-corrected chi connectivity index (χ4v) is 9.70. The molecule has 320 valence electrons. The number of pyridine rings is 1. The maximum Gasteiger partial charge on any atom is 0.259 e. The summed E-state index contributed by atoms with van der Waals surface area (Å²) >= 11 is 0. The number of sulfonamides is 1. The van der Waals surface area contributed by atoms with Crippen molar-refractivity contribution < 1.29 is 41.4 Å². The molecule has 13 nitrogen and oxygen atoms in total. The number of rotatable bonds is 10. The van der Waals surface area contributed by atoms with Crippen molar-refractivity contribution in [2.45, 2.75) is 107 Å². The van der Waals surface area contributed by atoms with Crippen molar-refractivity contribution in [3.05, 3.63) is 60.7 Å². The van der Waals surface area contributed by atoms with Gasteiger partial charge in [0.05, 0.1) is 37.0 Å². The van der Waals surface area contributed by atoms with Crippen molar-refractivity contribution in [3.63, 3.8) is 0 Å². The number of ether oxygens (including phenoxy) is 3. The number of alkyl halides is 1. The van der Waals surface area contributed by atoms with Crippen molar-refractivity contribution in [1.29, 1.82) is 0 Å². The Labute approximate surface area is 351 Å². The number of aromatic nitrogens is 1. The minimum atomic E-state index is -4.36. The molecule has 3 heterocycles. The van der Waals surface area contributed by atoms with Gasteiger partial charge in [0.2, 0.25) is 21.8 Å². The molecule has 0 radical (unpaired) electrons. The van der Waals surface area contributed by atoms with Crippen LogP contribution in [0.15, 0.2) is 60.7 Å². The molecule has 3 fully saturated rings. The van der Waals surface area contributed by atoms with Crippen LogP contribution in [0.2, 0.25) is 0 Å². The SMILES string of the molecule is COc1ccc2c(O[C@@H]3C[C@H]4C(=O)N[C@]5(C(=O)NS(=O)(=O)C6(CF)CC6)C[C@H]5/C=C\CC[C@@H](C)C[C@@H](C)[C@H](N)C(=O)N4C3)cc(-c3ccc(OC(C)C)cc3)nc2c1.Cl. The first-order chi connectivity index (χ1) is 27.6. The molecular formula is C43H55ClFN5O8S. The smallest absolute Gasteiger partial charge is 0.259 e. The second-order valence-electron chi connectivity index (χ2n) is 16.9. The van der Waals surface area contributed by atoms with Crippen LogP contribution in [0.3, 0.4) is 0 Å². The van der Waals surface area contributed by atoms with Gasteiger partial charge in [-0.3, -0.25) is 19.1 Å². The van der Waals surface area contributed by atoms with E-state index < -0.39 is 68.8 Å². The normalized spacial score (nSPS) is 28.5. The Bertz CT molecular complexity index is 2200. The number of carbonyl (C=O) groups excluding carboxylic acids is 3. The zero-order chi connectivity index (χ0) is 41.6. The van der Waals surface area contributed by atoms with Crippen molar-refractivity contribution in [1.82, 2.24) is 19.9 Å². The largest absolute Gasteiger partial charge is 0.497 e. The molecule has 3 aromatic rings. The fourth-order valence-electron chi connectivity index (χ4n) is 8.27. The minimum Gasteiger partial charge on any atom is -0.497 e. The summed E-state index contributed by atoms with van der Waals surface area (Å²) < 4.78 is 58.7. The number of carbonyl (C=O) groups is 3. The van der Waals surface area contributed by atoms with Gasteiger partial charge in [0, 0.05) is 35.4 Å². The first-order valence-electron chi connectivity index (χ1n) is 20.2. The third-order valence-corrected chi connectivity index (χ3v) is 14.2. The van der Waals surface area contributed by atoms with Gasteiger partial charge in [0.1, 0.15) is 46.4 Å². The molecule has 3 amide bonds. The van der Waals surface area contributed by atoms with E-state index in [-0.39, 0.29) is 62.6 Å². The molecule has 4 N–H and O–H groups in total. The van der Waals surface area contributed by atoms with Crippen LogP contribution in [0, 0.1) is 17.8 Å². The number of methoxy groups -OCH3 is 1. The van der Waals surface area contributed by atoms with Crippen LogP contribution in [-0.4, -0.2) is 90.9 Å². The van der Waals surface area contributed by atoms with E-state index in [1.165, 1.54) is 4.90 Å². The third kappa shape index (κ3) is 9.02. The Morgan fingerprint density at radius 3 is 2.46 bits per heavy atom. The monoisotopic (exact) mass is 855 g/mol.